The first-order chi connectivity index (χ1) is 9.27. The van der Waals surface area contributed by atoms with E-state index < -0.39 is 28.8 Å². The minimum absolute atomic E-state index is 0.0730. The van der Waals surface area contributed by atoms with Crippen LogP contribution in [0.1, 0.15) is 36.9 Å². The maximum Gasteiger partial charge on any atom is 0.418 e. The summed E-state index contributed by atoms with van der Waals surface area (Å²) in [7, 11) is 0. The Morgan fingerprint density at radius 2 is 2.00 bits per heavy atom. The van der Waals surface area contributed by atoms with Crippen LogP contribution in [-0.4, -0.2) is 22.1 Å². The summed E-state index contributed by atoms with van der Waals surface area (Å²) in [6, 6.07) is 1.87. The van der Waals surface area contributed by atoms with Crippen molar-refractivity contribution in [2.45, 2.75) is 43.3 Å². The molecular formula is C13H15F3N2O2. The number of rotatable bonds is 2. The molecule has 0 amide bonds. The van der Waals surface area contributed by atoms with Crippen LogP contribution in [0.15, 0.2) is 18.3 Å². The minimum atomic E-state index is -4.62. The topological polar surface area (TPSA) is 76.2 Å². The van der Waals surface area contributed by atoms with E-state index in [2.05, 4.69) is 4.98 Å². The van der Waals surface area contributed by atoms with E-state index in [1.807, 2.05) is 0 Å². The van der Waals surface area contributed by atoms with Crippen molar-refractivity contribution >= 4 is 5.97 Å². The van der Waals surface area contributed by atoms with Gasteiger partial charge in [0, 0.05) is 12.2 Å². The molecule has 110 valence electrons. The molecule has 1 aromatic heterocycles. The van der Waals surface area contributed by atoms with Gasteiger partial charge in [0.05, 0.1) is 11.3 Å². The van der Waals surface area contributed by atoms with Crippen molar-refractivity contribution < 1.29 is 23.1 Å². The lowest BCUT2D eigenvalue weighted by Gasteiger charge is -2.36. The molecule has 1 aliphatic carbocycles. The number of carboxylic acids is 1. The Hall–Kier alpha value is -1.63. The molecule has 20 heavy (non-hydrogen) atoms. The van der Waals surface area contributed by atoms with Crippen LogP contribution in [0.2, 0.25) is 0 Å². The second-order valence-corrected chi connectivity index (χ2v) is 5.12. The second-order valence-electron chi connectivity index (χ2n) is 5.12. The third kappa shape index (κ3) is 2.49. The molecule has 0 bridgehead atoms. The van der Waals surface area contributed by atoms with E-state index in [0.717, 1.165) is 12.1 Å². The van der Waals surface area contributed by atoms with Crippen molar-refractivity contribution in [3.05, 3.63) is 29.6 Å². The second kappa shape index (κ2) is 5.05. The number of halogens is 3. The molecule has 0 spiro atoms. The molecule has 0 saturated heterocycles. The van der Waals surface area contributed by atoms with E-state index in [0.29, 0.717) is 12.8 Å². The van der Waals surface area contributed by atoms with Gasteiger partial charge in [-0.15, -0.1) is 0 Å². The molecule has 1 aromatic rings. The van der Waals surface area contributed by atoms with Gasteiger partial charge in [0.1, 0.15) is 5.41 Å². The van der Waals surface area contributed by atoms with Crippen LogP contribution in [0.5, 0.6) is 0 Å². The maximum absolute atomic E-state index is 13.1. The number of aromatic nitrogens is 1. The van der Waals surface area contributed by atoms with Crippen LogP contribution >= 0.6 is 0 Å². The first-order valence-electron chi connectivity index (χ1n) is 6.29. The number of pyridine rings is 1. The molecule has 1 aliphatic rings. The molecule has 7 heteroatoms. The lowest BCUT2D eigenvalue weighted by molar-refractivity contribution is -0.148. The molecule has 0 aromatic carbocycles. The summed E-state index contributed by atoms with van der Waals surface area (Å²) < 4.78 is 39.2. The van der Waals surface area contributed by atoms with Gasteiger partial charge in [-0.05, 0) is 37.8 Å². The third-order valence-electron chi connectivity index (χ3n) is 3.86. The highest BCUT2D eigenvalue weighted by Crippen LogP contribution is 2.43. The number of nitrogens with two attached hydrogens (primary N) is 1. The lowest BCUT2D eigenvalue weighted by Crippen LogP contribution is -2.44. The van der Waals surface area contributed by atoms with Crippen molar-refractivity contribution in [3.8, 4) is 0 Å². The summed E-state index contributed by atoms with van der Waals surface area (Å²) in [6.45, 7) is 0. The Bertz CT molecular complexity index is 509. The first-order valence-corrected chi connectivity index (χ1v) is 6.29. The van der Waals surface area contributed by atoms with Crippen LogP contribution in [0, 0.1) is 0 Å². The van der Waals surface area contributed by atoms with Gasteiger partial charge in [-0.1, -0.05) is 0 Å². The van der Waals surface area contributed by atoms with E-state index in [9.17, 15) is 23.1 Å². The highest BCUT2D eigenvalue weighted by molar-refractivity contribution is 5.81. The van der Waals surface area contributed by atoms with Gasteiger partial charge < -0.3 is 10.8 Å². The van der Waals surface area contributed by atoms with Gasteiger partial charge in [0.25, 0.3) is 0 Å². The number of hydrogen-bond donors (Lipinski definition) is 2. The van der Waals surface area contributed by atoms with E-state index in [1.54, 1.807) is 0 Å². The molecular weight excluding hydrogens is 273 g/mol. The largest absolute Gasteiger partial charge is 0.481 e. The van der Waals surface area contributed by atoms with Crippen LogP contribution in [0.25, 0.3) is 0 Å². The number of alkyl halides is 3. The number of hydrogen-bond acceptors (Lipinski definition) is 3. The minimum Gasteiger partial charge on any atom is -0.481 e. The molecule has 1 saturated carbocycles. The summed E-state index contributed by atoms with van der Waals surface area (Å²) >= 11 is 0. The highest BCUT2D eigenvalue weighted by atomic mass is 19.4. The van der Waals surface area contributed by atoms with Crippen LogP contribution < -0.4 is 5.73 Å². The SMILES string of the molecule is NC1CCC(C(=O)O)(c2ncccc2C(F)(F)F)CC1. The average molecular weight is 288 g/mol. The van der Waals surface area contributed by atoms with Gasteiger partial charge in [0.2, 0.25) is 0 Å². The predicted octanol–water partition coefficient (Wildman–Crippen LogP) is 2.32. The Morgan fingerprint density at radius 1 is 1.40 bits per heavy atom. The van der Waals surface area contributed by atoms with Crippen molar-refractivity contribution in [1.29, 1.82) is 0 Å². The monoisotopic (exact) mass is 288 g/mol. The Labute approximate surface area is 113 Å². The molecule has 0 atom stereocenters. The molecule has 1 heterocycles. The molecule has 0 unspecified atom stereocenters. The number of carbonyl (C=O) groups is 1. The zero-order chi connectivity index (χ0) is 15.0. The van der Waals surface area contributed by atoms with Gasteiger partial charge in [0.15, 0.2) is 0 Å². The smallest absolute Gasteiger partial charge is 0.418 e. The normalized spacial score (nSPS) is 27.3. The lowest BCUT2D eigenvalue weighted by atomic mass is 9.69. The van der Waals surface area contributed by atoms with E-state index in [4.69, 9.17) is 5.73 Å². The van der Waals surface area contributed by atoms with Crippen LogP contribution in [0.4, 0.5) is 13.2 Å². The van der Waals surface area contributed by atoms with E-state index >= 15 is 0 Å². The number of carboxylic acid groups (broad SMARTS) is 1. The Balaban J connectivity index is 2.54. The molecule has 0 radical (unpaired) electrons. The van der Waals surface area contributed by atoms with Crippen LogP contribution in [0.3, 0.4) is 0 Å². The van der Waals surface area contributed by atoms with Crippen molar-refractivity contribution in [3.63, 3.8) is 0 Å². The number of aliphatic carboxylic acids is 1. The first kappa shape index (κ1) is 14.8. The summed E-state index contributed by atoms with van der Waals surface area (Å²) in [4.78, 5) is 15.4. The zero-order valence-electron chi connectivity index (χ0n) is 10.7. The highest BCUT2D eigenvalue weighted by Gasteiger charge is 2.49. The fraction of sp³-hybridized carbons (Fsp3) is 0.538. The quantitative estimate of drug-likeness (QED) is 0.875. The molecule has 4 nitrogen and oxygen atoms in total. The molecule has 2 rings (SSSR count). The molecule has 0 aliphatic heterocycles. The van der Waals surface area contributed by atoms with E-state index in [-0.39, 0.29) is 18.9 Å². The predicted molar refractivity (Wildman–Crippen MR) is 65.0 cm³/mol. The van der Waals surface area contributed by atoms with Crippen molar-refractivity contribution in [2.75, 3.05) is 0 Å². The van der Waals surface area contributed by atoms with Gasteiger partial charge in [-0.3, -0.25) is 9.78 Å². The van der Waals surface area contributed by atoms with Crippen LogP contribution in [-0.2, 0) is 16.4 Å². The summed E-state index contributed by atoms with van der Waals surface area (Å²) in [5.74, 6) is -1.27. The van der Waals surface area contributed by atoms with Crippen molar-refractivity contribution in [2.24, 2.45) is 5.73 Å². The fourth-order valence-corrected chi connectivity index (χ4v) is 2.70. The molecule has 3 N–H and O–H groups in total. The molecule has 1 fully saturated rings. The standard InChI is InChI=1S/C13H15F3N2O2/c14-13(15,16)9-2-1-7-18-10(9)12(11(19)20)5-3-8(17)4-6-12/h1-2,7-8H,3-6,17H2,(H,19,20). The number of nitrogens with zero attached hydrogens (tertiary/aromatic N) is 1. The summed E-state index contributed by atoms with van der Waals surface area (Å²) in [5.41, 5.74) is 2.76. The third-order valence-corrected chi connectivity index (χ3v) is 3.86. The van der Waals surface area contributed by atoms with E-state index in [1.165, 1.54) is 6.20 Å². The Morgan fingerprint density at radius 3 is 2.50 bits per heavy atom. The van der Waals surface area contributed by atoms with Gasteiger partial charge in [-0.2, -0.15) is 13.2 Å². The van der Waals surface area contributed by atoms with Crippen molar-refractivity contribution in [1.82, 2.24) is 4.98 Å². The summed E-state index contributed by atoms with van der Waals surface area (Å²) in [5, 5.41) is 9.47. The maximum atomic E-state index is 13.1. The zero-order valence-corrected chi connectivity index (χ0v) is 10.7. The van der Waals surface area contributed by atoms with Gasteiger partial charge in [-0.25, -0.2) is 0 Å². The average Bonchev–Trinajstić information content (AvgIpc) is 2.38. The Kier molecular flexibility index (Phi) is 3.73. The fourth-order valence-electron chi connectivity index (χ4n) is 2.70. The van der Waals surface area contributed by atoms with Gasteiger partial charge >= 0.3 is 12.1 Å². The summed E-state index contributed by atoms with van der Waals surface area (Å²) in [6.07, 6.45) is -2.52.